The highest BCUT2D eigenvalue weighted by Crippen LogP contribution is 2.25. The average molecular weight is 424 g/mol. The molecule has 3 heterocycles. The van der Waals surface area contributed by atoms with Crippen LogP contribution < -0.4 is 0 Å². The lowest BCUT2D eigenvalue weighted by Crippen LogP contribution is -2.27. The number of carbonyl (C=O) groups is 1. The lowest BCUT2D eigenvalue weighted by atomic mass is 10.1. The normalized spacial score (nSPS) is 11.2. The molecule has 4 rings (SSSR count). The quantitative estimate of drug-likeness (QED) is 0.490. The molecule has 30 heavy (non-hydrogen) atoms. The Kier molecular flexibility index (Phi) is 5.26. The van der Waals surface area contributed by atoms with Gasteiger partial charge < -0.3 is 4.90 Å². The Morgan fingerprint density at radius 1 is 1.20 bits per heavy atom. The summed E-state index contributed by atoms with van der Waals surface area (Å²) in [7, 11) is 3.58. The largest absolute Gasteiger partial charge is 0.336 e. The molecular weight excluding hydrogens is 402 g/mol. The average Bonchev–Trinajstić information content (AvgIpc) is 3.32. The lowest BCUT2D eigenvalue weighted by molar-refractivity contribution is 0.0781. The van der Waals surface area contributed by atoms with Crippen molar-refractivity contribution in [1.82, 2.24) is 34.4 Å². The van der Waals surface area contributed by atoms with Crippen molar-refractivity contribution in [2.24, 2.45) is 7.05 Å². The van der Waals surface area contributed by atoms with Crippen LogP contribution >= 0.6 is 11.6 Å². The number of aryl methyl sites for hydroxylation is 2. The molecule has 8 nitrogen and oxygen atoms in total. The van der Waals surface area contributed by atoms with E-state index in [1.807, 2.05) is 31.8 Å². The second-order valence-corrected chi connectivity index (χ2v) is 7.63. The van der Waals surface area contributed by atoms with Crippen LogP contribution in [0.5, 0.6) is 0 Å². The number of rotatable bonds is 5. The molecule has 0 unspecified atom stereocenters. The van der Waals surface area contributed by atoms with E-state index in [4.69, 9.17) is 11.6 Å². The standard InChI is InChI=1S/C21H22ClN7O/c1-5-29-13(2)14(9-24-29)11-27(3)21(30)19-17-8-16(22)6-7-18(17)25-20(26-19)15-10-23-28(4)12-15/h6-10,12H,5,11H2,1-4H3. The van der Waals surface area contributed by atoms with Crippen LogP contribution in [0.25, 0.3) is 22.3 Å². The number of carbonyl (C=O) groups excluding carboxylic acids is 1. The van der Waals surface area contributed by atoms with Crippen molar-refractivity contribution >= 4 is 28.4 Å². The Balaban J connectivity index is 1.76. The van der Waals surface area contributed by atoms with E-state index in [1.54, 1.807) is 47.2 Å². The molecule has 1 amide bonds. The predicted octanol–water partition coefficient (Wildman–Crippen LogP) is 3.48. The minimum Gasteiger partial charge on any atom is -0.336 e. The highest BCUT2D eigenvalue weighted by Gasteiger charge is 2.21. The van der Waals surface area contributed by atoms with E-state index in [9.17, 15) is 4.79 Å². The van der Waals surface area contributed by atoms with Crippen molar-refractivity contribution in [1.29, 1.82) is 0 Å². The molecule has 0 aliphatic heterocycles. The Morgan fingerprint density at radius 3 is 2.67 bits per heavy atom. The Bertz CT molecular complexity index is 1240. The first-order valence-corrected chi connectivity index (χ1v) is 9.98. The lowest BCUT2D eigenvalue weighted by Gasteiger charge is -2.18. The first-order valence-electron chi connectivity index (χ1n) is 9.60. The van der Waals surface area contributed by atoms with Gasteiger partial charge in [-0.25, -0.2) is 9.97 Å². The van der Waals surface area contributed by atoms with E-state index < -0.39 is 0 Å². The summed E-state index contributed by atoms with van der Waals surface area (Å²) < 4.78 is 3.58. The van der Waals surface area contributed by atoms with E-state index in [1.165, 1.54) is 0 Å². The maximum Gasteiger partial charge on any atom is 0.273 e. The topological polar surface area (TPSA) is 81.7 Å². The van der Waals surface area contributed by atoms with Gasteiger partial charge in [0, 0.05) is 55.0 Å². The molecule has 0 aliphatic carbocycles. The molecule has 4 aromatic rings. The molecule has 154 valence electrons. The van der Waals surface area contributed by atoms with Crippen molar-refractivity contribution in [2.75, 3.05) is 7.05 Å². The number of hydrogen-bond acceptors (Lipinski definition) is 5. The van der Waals surface area contributed by atoms with Gasteiger partial charge in [0.1, 0.15) is 5.69 Å². The summed E-state index contributed by atoms with van der Waals surface area (Å²) in [5, 5.41) is 9.69. The molecule has 0 bridgehead atoms. The van der Waals surface area contributed by atoms with Gasteiger partial charge >= 0.3 is 0 Å². The summed E-state index contributed by atoms with van der Waals surface area (Å²) in [4.78, 5) is 24.2. The highest BCUT2D eigenvalue weighted by atomic mass is 35.5. The van der Waals surface area contributed by atoms with Crippen LogP contribution in [0.3, 0.4) is 0 Å². The van der Waals surface area contributed by atoms with Crippen molar-refractivity contribution in [3.8, 4) is 11.4 Å². The Hall–Kier alpha value is -3.26. The summed E-state index contributed by atoms with van der Waals surface area (Å²) >= 11 is 6.20. The molecule has 0 saturated carbocycles. The molecular formula is C21H22ClN7O. The van der Waals surface area contributed by atoms with E-state index in [-0.39, 0.29) is 5.91 Å². The SMILES string of the molecule is CCn1ncc(CN(C)C(=O)c2nc(-c3cnn(C)c3)nc3ccc(Cl)cc23)c1C. The smallest absolute Gasteiger partial charge is 0.273 e. The van der Waals surface area contributed by atoms with Crippen LogP contribution in [-0.2, 0) is 20.1 Å². The van der Waals surface area contributed by atoms with Crippen LogP contribution in [0.2, 0.25) is 5.02 Å². The molecule has 0 fully saturated rings. The fourth-order valence-corrected chi connectivity index (χ4v) is 3.57. The second kappa shape index (κ2) is 7.87. The summed E-state index contributed by atoms with van der Waals surface area (Å²) in [6, 6.07) is 5.28. The fraction of sp³-hybridized carbons (Fsp3) is 0.286. The van der Waals surface area contributed by atoms with Crippen molar-refractivity contribution in [3.05, 3.63) is 58.8 Å². The van der Waals surface area contributed by atoms with Crippen LogP contribution in [0.1, 0.15) is 28.7 Å². The van der Waals surface area contributed by atoms with Crippen molar-refractivity contribution in [3.63, 3.8) is 0 Å². The number of aromatic nitrogens is 6. The van der Waals surface area contributed by atoms with Crippen LogP contribution in [-0.4, -0.2) is 47.4 Å². The molecule has 0 spiro atoms. The molecule has 3 aromatic heterocycles. The van der Waals surface area contributed by atoms with Gasteiger partial charge in [0.15, 0.2) is 5.82 Å². The van der Waals surface area contributed by atoms with Gasteiger partial charge in [-0.05, 0) is 32.0 Å². The van der Waals surface area contributed by atoms with Gasteiger partial charge in [0.2, 0.25) is 0 Å². The third-order valence-corrected chi connectivity index (χ3v) is 5.32. The maximum atomic E-state index is 13.4. The third-order valence-electron chi connectivity index (χ3n) is 5.08. The van der Waals surface area contributed by atoms with E-state index in [0.29, 0.717) is 34.0 Å². The Morgan fingerprint density at radius 2 is 2.00 bits per heavy atom. The van der Waals surface area contributed by atoms with Gasteiger partial charge in [-0.1, -0.05) is 11.6 Å². The fourth-order valence-electron chi connectivity index (χ4n) is 3.40. The highest BCUT2D eigenvalue weighted by molar-refractivity contribution is 6.31. The molecule has 0 saturated heterocycles. The van der Waals surface area contributed by atoms with Crippen molar-refractivity contribution < 1.29 is 4.79 Å². The van der Waals surface area contributed by atoms with Crippen LogP contribution in [0, 0.1) is 6.92 Å². The van der Waals surface area contributed by atoms with Crippen LogP contribution in [0.4, 0.5) is 0 Å². The zero-order valence-electron chi connectivity index (χ0n) is 17.3. The van der Waals surface area contributed by atoms with Gasteiger partial charge in [-0.3, -0.25) is 14.2 Å². The summed E-state index contributed by atoms with van der Waals surface area (Å²) in [6.07, 6.45) is 5.30. The van der Waals surface area contributed by atoms with Gasteiger partial charge in [-0.2, -0.15) is 10.2 Å². The molecule has 0 N–H and O–H groups in total. The first-order chi connectivity index (χ1) is 14.4. The van der Waals surface area contributed by atoms with E-state index >= 15 is 0 Å². The second-order valence-electron chi connectivity index (χ2n) is 7.19. The summed E-state index contributed by atoms with van der Waals surface area (Å²) in [5.74, 6) is 0.239. The zero-order valence-corrected chi connectivity index (χ0v) is 18.1. The van der Waals surface area contributed by atoms with E-state index in [0.717, 1.165) is 23.4 Å². The number of fused-ring (bicyclic) bond motifs is 1. The van der Waals surface area contributed by atoms with E-state index in [2.05, 4.69) is 20.2 Å². The monoisotopic (exact) mass is 423 g/mol. The minimum absolute atomic E-state index is 0.210. The molecule has 0 atom stereocenters. The Labute approximate surface area is 179 Å². The van der Waals surface area contributed by atoms with Crippen LogP contribution in [0.15, 0.2) is 36.8 Å². The van der Waals surface area contributed by atoms with Gasteiger partial charge in [0.25, 0.3) is 5.91 Å². The zero-order chi connectivity index (χ0) is 21.4. The minimum atomic E-state index is -0.210. The number of halogens is 1. The first kappa shape index (κ1) is 20.0. The number of amides is 1. The summed E-state index contributed by atoms with van der Waals surface area (Å²) in [6.45, 7) is 5.26. The van der Waals surface area contributed by atoms with Gasteiger partial charge in [0.05, 0.1) is 23.5 Å². The maximum absolute atomic E-state index is 13.4. The molecule has 0 aliphatic rings. The third kappa shape index (κ3) is 3.66. The number of hydrogen-bond donors (Lipinski definition) is 0. The number of nitrogens with zero attached hydrogens (tertiary/aromatic N) is 7. The predicted molar refractivity (Wildman–Crippen MR) is 115 cm³/mol. The molecule has 0 radical (unpaired) electrons. The van der Waals surface area contributed by atoms with Gasteiger partial charge in [-0.15, -0.1) is 0 Å². The molecule has 1 aromatic carbocycles. The number of benzene rings is 1. The van der Waals surface area contributed by atoms with Crippen molar-refractivity contribution in [2.45, 2.75) is 26.9 Å². The summed E-state index contributed by atoms with van der Waals surface area (Å²) in [5.41, 5.74) is 3.75. The molecule has 9 heteroatoms.